The van der Waals surface area contributed by atoms with Crippen LogP contribution in [0.15, 0.2) is 27.2 Å². The lowest BCUT2D eigenvalue weighted by Gasteiger charge is -2.49. The number of hydrogen-bond donors (Lipinski definition) is 3. The van der Waals surface area contributed by atoms with Crippen LogP contribution in [0.5, 0.6) is 0 Å². The van der Waals surface area contributed by atoms with Gasteiger partial charge in [0.05, 0.1) is 14.1 Å². The van der Waals surface area contributed by atoms with Crippen LogP contribution in [0.25, 0.3) is 0 Å². The molecule has 35 heavy (non-hydrogen) atoms. The van der Waals surface area contributed by atoms with E-state index in [9.17, 15) is 19.5 Å². The number of nitrogen functional groups attached to an aromatic ring is 1. The molecule has 1 fully saturated rings. The molecule has 0 aliphatic carbocycles. The zero-order chi connectivity index (χ0) is 25.4. The highest BCUT2D eigenvalue weighted by molar-refractivity contribution is 8.00. The summed E-state index contributed by atoms with van der Waals surface area (Å²) in [5, 5.41) is 20.6. The average Bonchev–Trinajstić information content (AvgIpc) is 3.39. The molecule has 0 saturated carbocycles. The number of likely N-dealkylation sites (N-methyl/N-ethyl adjacent to an activating group) is 1. The number of carbonyl (C=O) groups is 3. The number of carboxylic acid groups (broad SMARTS) is 1. The highest BCUT2D eigenvalue weighted by Crippen LogP contribution is 2.40. The number of nitrogens with one attached hydrogen (secondary N) is 1. The molecule has 2 atom stereocenters. The molecule has 12 nitrogen and oxygen atoms in total. The molecule has 2 unspecified atom stereocenters. The molecule has 0 spiro atoms. The summed E-state index contributed by atoms with van der Waals surface area (Å²) in [5.41, 5.74) is 7.44. The second-order valence-corrected chi connectivity index (χ2v) is 10.7. The maximum absolute atomic E-state index is 13.0. The van der Waals surface area contributed by atoms with Gasteiger partial charge in [0, 0.05) is 22.1 Å². The topological polar surface area (TPSA) is 154 Å². The number of aromatic nitrogens is 2. The summed E-state index contributed by atoms with van der Waals surface area (Å²) in [4.78, 5) is 50.1. The smallest absolute Gasteiger partial charge is 0.352 e. The van der Waals surface area contributed by atoms with Gasteiger partial charge in [-0.05, 0) is 6.92 Å². The molecule has 0 bridgehead atoms. The van der Waals surface area contributed by atoms with Crippen LogP contribution >= 0.6 is 34.4 Å². The number of amides is 2. The van der Waals surface area contributed by atoms with E-state index < -0.39 is 29.2 Å². The maximum Gasteiger partial charge on any atom is 0.352 e. The highest BCUT2D eigenvalue weighted by Gasteiger charge is 2.54. The van der Waals surface area contributed by atoms with Gasteiger partial charge in [0.15, 0.2) is 10.8 Å². The van der Waals surface area contributed by atoms with E-state index in [0.717, 1.165) is 22.2 Å². The standard InChI is InChI=1S/C20H23N7O5S3/c1-9-6-35-20(26(9)3)25(2)5-10-7-33-17-13(16(29)27(17)14(10)18(30)31)23-15(28)12(24-32-4)11-8-34-19(21)22-11/h6,8,13,17H,5,7H2,1-4H3,(H3-,21,22,23,28,30,31)/p+1/b24-12-. The maximum atomic E-state index is 13.0. The number of carboxylic acids is 1. The average molecular weight is 539 g/mol. The van der Waals surface area contributed by atoms with E-state index in [1.807, 2.05) is 35.9 Å². The van der Waals surface area contributed by atoms with Crippen LogP contribution in [-0.4, -0.2) is 76.4 Å². The molecule has 0 aromatic carbocycles. The largest absolute Gasteiger partial charge is 0.477 e. The Balaban J connectivity index is 1.52. The molecule has 4 N–H and O–H groups in total. The van der Waals surface area contributed by atoms with Crippen molar-refractivity contribution >= 4 is 68.2 Å². The summed E-state index contributed by atoms with van der Waals surface area (Å²) >= 11 is 4.10. The van der Waals surface area contributed by atoms with Gasteiger partial charge in [-0.3, -0.25) is 19.4 Å². The summed E-state index contributed by atoms with van der Waals surface area (Å²) < 4.78 is 2.03. The number of hydrogen-bond acceptors (Lipinski definition) is 11. The molecule has 2 aliphatic heterocycles. The number of aliphatic carboxylic acids is 1. The van der Waals surface area contributed by atoms with E-state index in [0.29, 0.717) is 17.9 Å². The number of rotatable bonds is 8. The first kappa shape index (κ1) is 24.9. The zero-order valence-corrected chi connectivity index (χ0v) is 21.8. The lowest BCUT2D eigenvalue weighted by atomic mass is 10.0. The van der Waals surface area contributed by atoms with Gasteiger partial charge in [-0.15, -0.1) is 23.1 Å². The number of oxime groups is 1. The SMILES string of the molecule is CO/N=C(\C(=O)NC1C(=O)N2C(C(=O)O)=C(CN(C)c3scc(C)[n+]3C)CSC12)c1csc(N)n1. The number of fused-ring (bicyclic) bond motifs is 1. The lowest BCUT2D eigenvalue weighted by molar-refractivity contribution is -0.660. The minimum Gasteiger partial charge on any atom is -0.477 e. The minimum absolute atomic E-state index is 0.0370. The Bertz CT molecular complexity index is 1250. The third-order valence-corrected chi connectivity index (χ3v) is 8.87. The Morgan fingerprint density at radius 2 is 2.17 bits per heavy atom. The lowest BCUT2D eigenvalue weighted by Crippen LogP contribution is -2.71. The molecule has 4 rings (SSSR count). The fourth-order valence-corrected chi connectivity index (χ4v) is 6.72. The zero-order valence-electron chi connectivity index (χ0n) is 19.3. The number of aryl methyl sites for hydroxylation is 1. The van der Waals surface area contributed by atoms with Crippen LogP contribution in [0.2, 0.25) is 0 Å². The second-order valence-electron chi connectivity index (χ2n) is 7.89. The van der Waals surface area contributed by atoms with Crippen molar-refractivity contribution < 1.29 is 28.9 Å². The van der Waals surface area contributed by atoms with Crippen molar-refractivity contribution in [3.05, 3.63) is 33.4 Å². The summed E-state index contributed by atoms with van der Waals surface area (Å²) in [7, 11) is 5.12. The number of anilines is 2. The third-order valence-electron chi connectivity index (χ3n) is 5.60. The van der Waals surface area contributed by atoms with Gasteiger partial charge in [0.2, 0.25) is 0 Å². The Morgan fingerprint density at radius 1 is 1.43 bits per heavy atom. The van der Waals surface area contributed by atoms with Gasteiger partial charge in [-0.25, -0.2) is 14.3 Å². The fraction of sp³-hybridized carbons (Fsp3) is 0.400. The van der Waals surface area contributed by atoms with E-state index in [2.05, 4.69) is 15.5 Å². The molecule has 4 heterocycles. The van der Waals surface area contributed by atoms with Gasteiger partial charge in [-0.1, -0.05) is 16.5 Å². The van der Waals surface area contributed by atoms with Crippen LogP contribution < -0.4 is 20.5 Å². The molecular weight excluding hydrogens is 514 g/mol. The van der Waals surface area contributed by atoms with E-state index in [1.165, 1.54) is 23.8 Å². The minimum atomic E-state index is -1.18. The van der Waals surface area contributed by atoms with Crippen LogP contribution in [0.4, 0.5) is 10.3 Å². The molecule has 2 aromatic rings. The van der Waals surface area contributed by atoms with Gasteiger partial charge in [0.25, 0.3) is 11.8 Å². The van der Waals surface area contributed by atoms with Crippen molar-refractivity contribution in [1.82, 2.24) is 15.2 Å². The normalized spacial score (nSPS) is 19.8. The Morgan fingerprint density at radius 3 is 2.74 bits per heavy atom. The molecule has 186 valence electrons. The van der Waals surface area contributed by atoms with Crippen LogP contribution in [-0.2, 0) is 26.3 Å². The van der Waals surface area contributed by atoms with Crippen molar-refractivity contribution in [2.45, 2.75) is 18.3 Å². The van der Waals surface area contributed by atoms with Gasteiger partial charge in [-0.2, -0.15) is 0 Å². The molecule has 0 radical (unpaired) electrons. The monoisotopic (exact) mass is 538 g/mol. The van der Waals surface area contributed by atoms with E-state index in [-0.39, 0.29) is 22.2 Å². The van der Waals surface area contributed by atoms with Crippen molar-refractivity contribution in [3.8, 4) is 0 Å². The Kier molecular flexibility index (Phi) is 7.00. The predicted molar refractivity (Wildman–Crippen MR) is 133 cm³/mol. The summed E-state index contributed by atoms with van der Waals surface area (Å²) in [6.45, 7) is 2.35. The molecule has 15 heteroatoms. The molecule has 2 amide bonds. The van der Waals surface area contributed by atoms with Crippen molar-refractivity contribution in [2.75, 3.05) is 37.1 Å². The first-order chi connectivity index (χ1) is 16.6. The Hall–Kier alpha value is -3.17. The molecule has 2 aromatic heterocycles. The van der Waals surface area contributed by atoms with E-state index in [1.54, 1.807) is 16.7 Å². The molecule has 2 aliphatic rings. The van der Waals surface area contributed by atoms with E-state index >= 15 is 0 Å². The summed E-state index contributed by atoms with van der Waals surface area (Å²) in [5.74, 6) is -1.94. The van der Waals surface area contributed by atoms with Gasteiger partial charge < -0.3 is 21.0 Å². The van der Waals surface area contributed by atoms with E-state index in [4.69, 9.17) is 10.6 Å². The van der Waals surface area contributed by atoms with Crippen molar-refractivity contribution in [1.29, 1.82) is 0 Å². The van der Waals surface area contributed by atoms with Gasteiger partial charge >= 0.3 is 11.1 Å². The Labute approximate surface area is 213 Å². The predicted octanol–water partition coefficient (Wildman–Crippen LogP) is 0.145. The van der Waals surface area contributed by atoms with Crippen LogP contribution in [0.3, 0.4) is 0 Å². The third kappa shape index (κ3) is 4.58. The number of carbonyl (C=O) groups excluding carboxylic acids is 2. The molecule has 1 saturated heterocycles. The number of nitrogens with two attached hydrogens (primary N) is 1. The molecular formula is C20H24N7O5S3+. The number of β-lactam (4-membered cyclic amide) rings is 1. The number of thiazole rings is 2. The summed E-state index contributed by atoms with van der Waals surface area (Å²) in [6.07, 6.45) is 0. The van der Waals surface area contributed by atoms with Crippen LogP contribution in [0, 0.1) is 6.92 Å². The highest BCUT2D eigenvalue weighted by atomic mass is 32.2. The number of thioether (sulfide) groups is 1. The number of nitrogens with zero attached hydrogens (tertiary/aromatic N) is 5. The fourth-order valence-electron chi connectivity index (χ4n) is 3.85. The van der Waals surface area contributed by atoms with Gasteiger partial charge in [0.1, 0.15) is 42.2 Å². The second kappa shape index (κ2) is 9.83. The van der Waals surface area contributed by atoms with Crippen LogP contribution in [0.1, 0.15) is 11.4 Å². The summed E-state index contributed by atoms with van der Waals surface area (Å²) in [6, 6.07) is -0.906. The van der Waals surface area contributed by atoms with Crippen molar-refractivity contribution in [3.63, 3.8) is 0 Å². The van der Waals surface area contributed by atoms with Crippen molar-refractivity contribution in [2.24, 2.45) is 12.2 Å². The first-order valence-corrected chi connectivity index (χ1v) is 13.1. The first-order valence-electron chi connectivity index (χ1n) is 10.3. The quantitative estimate of drug-likeness (QED) is 0.184.